The van der Waals surface area contributed by atoms with Crippen LogP contribution in [-0.2, 0) is 4.79 Å². The maximum atomic E-state index is 12.4. The van der Waals surface area contributed by atoms with Crippen molar-refractivity contribution in [2.75, 3.05) is 11.1 Å². The van der Waals surface area contributed by atoms with Crippen LogP contribution in [0, 0.1) is 6.92 Å². The van der Waals surface area contributed by atoms with E-state index in [9.17, 15) is 4.79 Å². The quantitative estimate of drug-likeness (QED) is 0.407. The lowest BCUT2D eigenvalue weighted by molar-refractivity contribution is -0.113. The van der Waals surface area contributed by atoms with E-state index in [1.54, 1.807) is 15.9 Å². The number of aryl methyl sites for hydroxylation is 1. The van der Waals surface area contributed by atoms with Crippen molar-refractivity contribution in [3.05, 3.63) is 53.4 Å². The molecule has 4 aromatic heterocycles. The van der Waals surface area contributed by atoms with Crippen molar-refractivity contribution >= 4 is 61.3 Å². The number of carbonyl (C=O) groups excluding carboxylic acids is 1. The summed E-state index contributed by atoms with van der Waals surface area (Å²) in [7, 11) is 0. The zero-order valence-corrected chi connectivity index (χ0v) is 17.6. The Morgan fingerprint density at radius 3 is 3.00 bits per heavy atom. The lowest BCUT2D eigenvalue weighted by atomic mass is 10.2. The molecule has 7 nitrogen and oxygen atoms in total. The van der Waals surface area contributed by atoms with Crippen LogP contribution < -0.4 is 5.32 Å². The van der Waals surface area contributed by atoms with Gasteiger partial charge >= 0.3 is 0 Å². The first-order chi connectivity index (χ1) is 14.2. The van der Waals surface area contributed by atoms with Gasteiger partial charge in [-0.2, -0.15) is 9.61 Å². The molecule has 0 radical (unpaired) electrons. The van der Waals surface area contributed by atoms with E-state index in [0.717, 1.165) is 20.8 Å². The van der Waals surface area contributed by atoms with Crippen molar-refractivity contribution in [3.63, 3.8) is 0 Å². The molecule has 10 heteroatoms. The molecule has 0 bridgehead atoms. The van der Waals surface area contributed by atoms with Gasteiger partial charge < -0.3 is 5.32 Å². The summed E-state index contributed by atoms with van der Waals surface area (Å²) >= 11 is 4.39. The highest BCUT2D eigenvalue weighted by atomic mass is 32.2. The second-order valence-corrected chi connectivity index (χ2v) is 9.20. The standard InChI is InChI=1S/C19H14N6OS3/c1-11-4-5-12-15(9-11)29-18(20-12)21-17(26)10-28-19-23-22-16-7-6-13(24-25(16)19)14-3-2-8-27-14/h2-9H,10H2,1H3,(H,20,21,26). The van der Waals surface area contributed by atoms with Crippen molar-refractivity contribution in [2.24, 2.45) is 0 Å². The van der Waals surface area contributed by atoms with E-state index in [1.165, 1.54) is 28.7 Å². The minimum Gasteiger partial charge on any atom is -0.301 e. The number of aromatic nitrogens is 5. The summed E-state index contributed by atoms with van der Waals surface area (Å²) in [5, 5.41) is 19.0. The van der Waals surface area contributed by atoms with E-state index in [-0.39, 0.29) is 11.7 Å². The Morgan fingerprint density at radius 1 is 1.21 bits per heavy atom. The summed E-state index contributed by atoms with van der Waals surface area (Å²) in [6.07, 6.45) is 0. The normalized spacial score (nSPS) is 11.3. The van der Waals surface area contributed by atoms with Crippen LogP contribution in [0.3, 0.4) is 0 Å². The second-order valence-electron chi connectivity index (χ2n) is 6.28. The molecule has 0 aliphatic carbocycles. The number of benzene rings is 1. The maximum absolute atomic E-state index is 12.4. The van der Waals surface area contributed by atoms with Crippen molar-refractivity contribution in [2.45, 2.75) is 12.1 Å². The number of amides is 1. The van der Waals surface area contributed by atoms with Crippen LogP contribution in [0.5, 0.6) is 0 Å². The molecule has 0 aliphatic rings. The first-order valence-corrected chi connectivity index (χ1v) is 11.4. The van der Waals surface area contributed by atoms with E-state index in [1.807, 2.05) is 48.7 Å². The number of nitrogens with zero attached hydrogens (tertiary/aromatic N) is 5. The molecular weight excluding hydrogens is 424 g/mol. The third-order valence-corrected chi connectivity index (χ3v) is 6.88. The molecule has 0 spiro atoms. The third-order valence-electron chi connectivity index (χ3n) is 4.13. The number of fused-ring (bicyclic) bond motifs is 2. The van der Waals surface area contributed by atoms with Gasteiger partial charge in [0.05, 0.1) is 20.8 Å². The predicted octanol–water partition coefficient (Wildman–Crippen LogP) is 4.50. The Labute approximate surface area is 177 Å². The number of rotatable bonds is 5. The van der Waals surface area contributed by atoms with E-state index >= 15 is 0 Å². The van der Waals surface area contributed by atoms with Crippen molar-refractivity contribution in [1.29, 1.82) is 0 Å². The largest absolute Gasteiger partial charge is 0.301 e. The molecule has 29 heavy (non-hydrogen) atoms. The maximum Gasteiger partial charge on any atom is 0.236 e. The Bertz CT molecular complexity index is 1320. The minimum absolute atomic E-state index is 0.142. The van der Waals surface area contributed by atoms with E-state index in [0.29, 0.717) is 15.9 Å². The van der Waals surface area contributed by atoms with Gasteiger partial charge in [0.2, 0.25) is 11.1 Å². The van der Waals surface area contributed by atoms with Crippen LogP contribution in [0.4, 0.5) is 5.13 Å². The van der Waals surface area contributed by atoms with Gasteiger partial charge in [-0.3, -0.25) is 4.79 Å². The summed E-state index contributed by atoms with van der Waals surface area (Å²) < 4.78 is 2.73. The molecule has 0 saturated heterocycles. The van der Waals surface area contributed by atoms with Crippen LogP contribution in [0.15, 0.2) is 53.0 Å². The average Bonchev–Trinajstić information content (AvgIpc) is 3.45. The molecular formula is C19H14N6OS3. The van der Waals surface area contributed by atoms with Crippen LogP contribution in [0.25, 0.3) is 26.4 Å². The molecule has 1 aromatic carbocycles. The second kappa shape index (κ2) is 7.54. The molecule has 0 fully saturated rings. The van der Waals surface area contributed by atoms with Crippen LogP contribution in [-0.4, -0.2) is 36.5 Å². The summed E-state index contributed by atoms with van der Waals surface area (Å²) in [4.78, 5) is 17.9. The van der Waals surface area contributed by atoms with Gasteiger partial charge in [-0.15, -0.1) is 21.5 Å². The topological polar surface area (TPSA) is 85.1 Å². The SMILES string of the molecule is Cc1ccc2nc(NC(=O)CSc3nnc4ccc(-c5cccs5)nn34)sc2c1. The smallest absolute Gasteiger partial charge is 0.236 e. The highest BCUT2D eigenvalue weighted by Gasteiger charge is 2.13. The molecule has 144 valence electrons. The minimum atomic E-state index is -0.142. The lowest BCUT2D eigenvalue weighted by Gasteiger charge is -2.02. The molecule has 0 unspecified atom stereocenters. The number of anilines is 1. The highest BCUT2D eigenvalue weighted by molar-refractivity contribution is 7.99. The van der Waals surface area contributed by atoms with Crippen molar-refractivity contribution in [1.82, 2.24) is 24.8 Å². The lowest BCUT2D eigenvalue weighted by Crippen LogP contribution is -2.14. The third kappa shape index (κ3) is 3.74. The van der Waals surface area contributed by atoms with Gasteiger partial charge in [0, 0.05) is 0 Å². The molecule has 5 aromatic rings. The number of nitrogens with one attached hydrogen (secondary N) is 1. The summed E-state index contributed by atoms with van der Waals surface area (Å²) in [6, 6.07) is 13.8. The first-order valence-electron chi connectivity index (χ1n) is 8.72. The van der Waals surface area contributed by atoms with Crippen LogP contribution in [0.1, 0.15) is 5.56 Å². The molecule has 1 amide bonds. The van der Waals surface area contributed by atoms with Gasteiger partial charge in [0.1, 0.15) is 5.69 Å². The molecule has 0 saturated carbocycles. The number of thiophene rings is 1. The Balaban J connectivity index is 1.30. The van der Waals surface area contributed by atoms with Gasteiger partial charge in [0.15, 0.2) is 10.8 Å². The Hall–Kier alpha value is -2.82. The van der Waals surface area contributed by atoms with Gasteiger partial charge in [0.25, 0.3) is 0 Å². The summed E-state index contributed by atoms with van der Waals surface area (Å²) in [6.45, 7) is 2.04. The number of hydrogen-bond acceptors (Lipinski definition) is 8. The fourth-order valence-electron chi connectivity index (χ4n) is 2.79. The fraction of sp³-hybridized carbons (Fsp3) is 0.105. The van der Waals surface area contributed by atoms with Crippen LogP contribution in [0.2, 0.25) is 0 Å². The summed E-state index contributed by atoms with van der Waals surface area (Å²) in [5.74, 6) is 0.0534. The molecule has 1 N–H and O–H groups in total. The number of thiazole rings is 1. The Morgan fingerprint density at radius 2 is 2.14 bits per heavy atom. The van der Waals surface area contributed by atoms with Crippen LogP contribution >= 0.6 is 34.4 Å². The number of carbonyl (C=O) groups is 1. The van der Waals surface area contributed by atoms with E-state index in [2.05, 4.69) is 31.7 Å². The number of thioether (sulfide) groups is 1. The van der Waals surface area contributed by atoms with Gasteiger partial charge in [-0.05, 0) is 48.2 Å². The first kappa shape index (κ1) is 18.2. The van der Waals surface area contributed by atoms with E-state index < -0.39 is 0 Å². The average molecular weight is 439 g/mol. The monoisotopic (exact) mass is 438 g/mol. The zero-order chi connectivity index (χ0) is 19.8. The van der Waals surface area contributed by atoms with Gasteiger partial charge in [-0.25, -0.2) is 4.98 Å². The van der Waals surface area contributed by atoms with Gasteiger partial charge in [-0.1, -0.05) is 35.2 Å². The zero-order valence-electron chi connectivity index (χ0n) is 15.2. The molecule has 0 atom stereocenters. The molecule has 0 aliphatic heterocycles. The van der Waals surface area contributed by atoms with Crippen molar-refractivity contribution in [3.8, 4) is 10.6 Å². The molecule has 5 rings (SSSR count). The van der Waals surface area contributed by atoms with E-state index in [4.69, 9.17) is 0 Å². The fourth-order valence-corrected chi connectivity index (χ4v) is 5.14. The highest BCUT2D eigenvalue weighted by Crippen LogP contribution is 2.27. The Kier molecular flexibility index (Phi) is 4.74. The summed E-state index contributed by atoms with van der Waals surface area (Å²) in [5.41, 5.74) is 3.55. The van der Waals surface area contributed by atoms with Crippen molar-refractivity contribution < 1.29 is 4.79 Å². The number of hydrogen-bond donors (Lipinski definition) is 1. The molecule has 4 heterocycles. The predicted molar refractivity (Wildman–Crippen MR) is 118 cm³/mol.